The summed E-state index contributed by atoms with van der Waals surface area (Å²) in [6.45, 7) is 1.07. The van der Waals surface area contributed by atoms with Crippen molar-refractivity contribution in [1.82, 2.24) is 0 Å². The molecule has 0 saturated heterocycles. The van der Waals surface area contributed by atoms with E-state index in [0.29, 0.717) is 0 Å². The average Bonchev–Trinajstić information content (AvgIpc) is 2.82. The molecule has 2 heteroatoms. The van der Waals surface area contributed by atoms with Crippen LogP contribution in [0.3, 0.4) is 0 Å². The highest BCUT2D eigenvalue weighted by molar-refractivity contribution is 5.27. The van der Waals surface area contributed by atoms with Crippen LogP contribution in [-0.2, 0) is 6.42 Å². The Morgan fingerprint density at radius 2 is 1.81 bits per heavy atom. The molecule has 1 aliphatic carbocycles. The van der Waals surface area contributed by atoms with Crippen molar-refractivity contribution in [1.29, 1.82) is 0 Å². The number of hydrogen-bond donors (Lipinski definition) is 1. The van der Waals surface area contributed by atoms with Gasteiger partial charge in [0.15, 0.2) is 0 Å². The molecule has 0 aliphatic heterocycles. The van der Waals surface area contributed by atoms with E-state index in [1.165, 1.54) is 25.7 Å². The molecule has 1 aromatic carbocycles. The molecule has 2 rings (SSSR count). The fourth-order valence-electron chi connectivity index (χ4n) is 2.27. The maximum absolute atomic E-state index is 8.80. The lowest BCUT2D eigenvalue weighted by molar-refractivity contribution is 0.252. The third-order valence-corrected chi connectivity index (χ3v) is 3.28. The molecule has 0 bridgehead atoms. The molecule has 0 aromatic heterocycles. The van der Waals surface area contributed by atoms with Crippen LogP contribution in [0.15, 0.2) is 24.3 Å². The predicted octanol–water partition coefficient (Wildman–Crippen LogP) is 2.79. The van der Waals surface area contributed by atoms with E-state index in [1.807, 2.05) is 24.3 Å². The Kier molecular flexibility index (Phi) is 4.23. The number of rotatable bonds is 5. The minimum absolute atomic E-state index is 0.211. The third-order valence-electron chi connectivity index (χ3n) is 3.28. The molecule has 0 radical (unpaired) electrons. The lowest BCUT2D eigenvalue weighted by atomic mass is 10.1. The second-order valence-corrected chi connectivity index (χ2v) is 4.58. The van der Waals surface area contributed by atoms with E-state index in [-0.39, 0.29) is 6.61 Å². The summed E-state index contributed by atoms with van der Waals surface area (Å²) < 4.78 is 5.76. The summed E-state index contributed by atoms with van der Waals surface area (Å²) in [5.74, 6) is 1.71. The summed E-state index contributed by atoms with van der Waals surface area (Å²) in [4.78, 5) is 0. The summed E-state index contributed by atoms with van der Waals surface area (Å²) in [6.07, 6.45) is 6.10. The second-order valence-electron chi connectivity index (χ2n) is 4.58. The molecular weight excluding hydrogens is 200 g/mol. The van der Waals surface area contributed by atoms with E-state index in [4.69, 9.17) is 9.84 Å². The molecule has 0 amide bonds. The van der Waals surface area contributed by atoms with Crippen molar-refractivity contribution in [2.75, 3.05) is 13.2 Å². The van der Waals surface area contributed by atoms with E-state index in [2.05, 4.69) is 0 Å². The maximum Gasteiger partial charge on any atom is 0.119 e. The van der Waals surface area contributed by atoms with Gasteiger partial charge in [0, 0.05) is 6.61 Å². The van der Waals surface area contributed by atoms with Gasteiger partial charge in [0.05, 0.1) is 6.61 Å². The quantitative estimate of drug-likeness (QED) is 0.826. The van der Waals surface area contributed by atoms with Crippen LogP contribution in [0.5, 0.6) is 5.75 Å². The van der Waals surface area contributed by atoms with Crippen molar-refractivity contribution in [3.05, 3.63) is 29.8 Å². The van der Waals surface area contributed by atoms with Gasteiger partial charge in [0.1, 0.15) is 5.75 Å². The van der Waals surface area contributed by atoms with E-state index < -0.39 is 0 Å². The topological polar surface area (TPSA) is 29.5 Å². The SMILES string of the molecule is OCCc1ccc(OCC2CCCC2)cc1. The minimum atomic E-state index is 0.211. The number of benzene rings is 1. The molecule has 0 spiro atoms. The van der Waals surface area contributed by atoms with Gasteiger partial charge in [0.25, 0.3) is 0 Å². The van der Waals surface area contributed by atoms with E-state index >= 15 is 0 Å². The predicted molar refractivity (Wildman–Crippen MR) is 64.7 cm³/mol. The Labute approximate surface area is 97.3 Å². The molecule has 1 fully saturated rings. The molecule has 1 aliphatic rings. The van der Waals surface area contributed by atoms with Gasteiger partial charge in [-0.2, -0.15) is 0 Å². The standard InChI is InChI=1S/C14H20O2/c15-10-9-12-5-7-14(8-6-12)16-11-13-3-1-2-4-13/h5-8,13,15H,1-4,9-11H2. The lowest BCUT2D eigenvalue weighted by Gasteiger charge is -2.11. The number of ether oxygens (including phenoxy) is 1. The molecule has 1 aromatic rings. The fraction of sp³-hybridized carbons (Fsp3) is 0.571. The number of aliphatic hydroxyl groups excluding tert-OH is 1. The number of hydrogen-bond acceptors (Lipinski definition) is 2. The van der Waals surface area contributed by atoms with Gasteiger partial charge >= 0.3 is 0 Å². The van der Waals surface area contributed by atoms with Crippen molar-refractivity contribution in [3.63, 3.8) is 0 Å². The highest BCUT2D eigenvalue weighted by Crippen LogP contribution is 2.25. The molecule has 2 nitrogen and oxygen atoms in total. The second kappa shape index (κ2) is 5.90. The van der Waals surface area contributed by atoms with Gasteiger partial charge in [0.2, 0.25) is 0 Å². The van der Waals surface area contributed by atoms with Gasteiger partial charge in [-0.1, -0.05) is 25.0 Å². The Balaban J connectivity index is 1.80. The Morgan fingerprint density at radius 1 is 1.12 bits per heavy atom. The highest BCUT2D eigenvalue weighted by atomic mass is 16.5. The van der Waals surface area contributed by atoms with Gasteiger partial charge in [-0.05, 0) is 42.9 Å². The van der Waals surface area contributed by atoms with Crippen molar-refractivity contribution in [2.45, 2.75) is 32.1 Å². The Bertz CT molecular complexity index is 299. The average molecular weight is 220 g/mol. The van der Waals surface area contributed by atoms with E-state index in [0.717, 1.165) is 30.3 Å². The maximum atomic E-state index is 8.80. The van der Waals surface area contributed by atoms with Crippen LogP contribution in [0.2, 0.25) is 0 Å². The summed E-state index contributed by atoms with van der Waals surface area (Å²) >= 11 is 0. The van der Waals surface area contributed by atoms with Gasteiger partial charge in [-0.3, -0.25) is 0 Å². The monoisotopic (exact) mass is 220 g/mol. The third kappa shape index (κ3) is 3.24. The zero-order valence-corrected chi connectivity index (χ0v) is 9.69. The Hall–Kier alpha value is -1.02. The molecule has 16 heavy (non-hydrogen) atoms. The zero-order valence-electron chi connectivity index (χ0n) is 9.69. The van der Waals surface area contributed by atoms with Gasteiger partial charge < -0.3 is 9.84 Å². The van der Waals surface area contributed by atoms with Crippen molar-refractivity contribution in [3.8, 4) is 5.75 Å². The van der Waals surface area contributed by atoms with Crippen LogP contribution in [0.25, 0.3) is 0 Å². The van der Waals surface area contributed by atoms with Crippen LogP contribution in [0.1, 0.15) is 31.2 Å². The van der Waals surface area contributed by atoms with Crippen LogP contribution < -0.4 is 4.74 Å². The van der Waals surface area contributed by atoms with E-state index in [1.54, 1.807) is 0 Å². The minimum Gasteiger partial charge on any atom is -0.493 e. The van der Waals surface area contributed by atoms with Crippen molar-refractivity contribution in [2.24, 2.45) is 5.92 Å². The Morgan fingerprint density at radius 3 is 2.44 bits per heavy atom. The largest absolute Gasteiger partial charge is 0.493 e. The van der Waals surface area contributed by atoms with Gasteiger partial charge in [-0.15, -0.1) is 0 Å². The lowest BCUT2D eigenvalue weighted by Crippen LogP contribution is -2.07. The summed E-state index contributed by atoms with van der Waals surface area (Å²) in [5, 5.41) is 8.80. The van der Waals surface area contributed by atoms with Crippen LogP contribution in [0, 0.1) is 5.92 Å². The summed E-state index contributed by atoms with van der Waals surface area (Å²) in [5.41, 5.74) is 1.16. The van der Waals surface area contributed by atoms with Crippen LogP contribution in [0.4, 0.5) is 0 Å². The van der Waals surface area contributed by atoms with Crippen molar-refractivity contribution >= 4 is 0 Å². The smallest absolute Gasteiger partial charge is 0.119 e. The van der Waals surface area contributed by atoms with Gasteiger partial charge in [-0.25, -0.2) is 0 Å². The summed E-state index contributed by atoms with van der Waals surface area (Å²) in [7, 11) is 0. The first-order chi connectivity index (χ1) is 7.88. The van der Waals surface area contributed by atoms with E-state index in [9.17, 15) is 0 Å². The fourth-order valence-corrected chi connectivity index (χ4v) is 2.27. The summed E-state index contributed by atoms with van der Waals surface area (Å²) in [6, 6.07) is 8.06. The van der Waals surface area contributed by atoms with Crippen LogP contribution in [-0.4, -0.2) is 18.3 Å². The van der Waals surface area contributed by atoms with Crippen molar-refractivity contribution < 1.29 is 9.84 Å². The zero-order chi connectivity index (χ0) is 11.2. The molecule has 0 heterocycles. The first-order valence-corrected chi connectivity index (χ1v) is 6.21. The first kappa shape index (κ1) is 11.5. The molecule has 88 valence electrons. The highest BCUT2D eigenvalue weighted by Gasteiger charge is 2.15. The van der Waals surface area contributed by atoms with Crippen LogP contribution >= 0.6 is 0 Å². The number of aliphatic hydroxyl groups is 1. The molecule has 0 atom stereocenters. The molecule has 1 saturated carbocycles. The molecular formula is C14H20O2. The first-order valence-electron chi connectivity index (χ1n) is 6.21. The molecule has 1 N–H and O–H groups in total. The normalized spacial score (nSPS) is 16.6. The molecule has 0 unspecified atom stereocenters.